The molecule has 3 nitrogen and oxygen atoms in total. The Labute approximate surface area is 102 Å². The number of para-hydroxylation sites is 2. The van der Waals surface area contributed by atoms with Crippen molar-refractivity contribution in [3.05, 3.63) is 24.3 Å². The lowest BCUT2D eigenvalue weighted by Gasteiger charge is -2.16. The summed E-state index contributed by atoms with van der Waals surface area (Å²) in [6.07, 6.45) is 0. The van der Waals surface area contributed by atoms with Crippen molar-refractivity contribution in [1.82, 2.24) is 4.90 Å². The summed E-state index contributed by atoms with van der Waals surface area (Å²) in [5, 5.41) is 0. The van der Waals surface area contributed by atoms with Crippen LogP contribution in [-0.2, 0) is 0 Å². The molecule has 1 aromatic rings. The number of benzene rings is 1. The van der Waals surface area contributed by atoms with Gasteiger partial charge in [0.05, 0.1) is 7.11 Å². The largest absolute Gasteiger partial charge is 0.493 e. The fourth-order valence-corrected chi connectivity index (χ4v) is 1.59. The molecule has 0 fully saturated rings. The molecule has 4 heteroatoms. The highest BCUT2D eigenvalue weighted by atomic mass is 35.5. The molecule has 1 rings (SSSR count). The zero-order valence-corrected chi connectivity index (χ0v) is 10.5. The number of hydrogen-bond donors (Lipinski definition) is 0. The van der Waals surface area contributed by atoms with Crippen molar-refractivity contribution in [2.24, 2.45) is 0 Å². The molecule has 0 atom stereocenters. The highest BCUT2D eigenvalue weighted by Gasteiger charge is 2.03. The van der Waals surface area contributed by atoms with Crippen LogP contribution in [0, 0.1) is 0 Å². The van der Waals surface area contributed by atoms with Gasteiger partial charge in [0.25, 0.3) is 0 Å². The lowest BCUT2D eigenvalue weighted by atomic mass is 10.3. The predicted molar refractivity (Wildman–Crippen MR) is 66.7 cm³/mol. The number of methoxy groups -OCH3 is 1. The van der Waals surface area contributed by atoms with Gasteiger partial charge in [0.2, 0.25) is 0 Å². The quantitative estimate of drug-likeness (QED) is 0.686. The van der Waals surface area contributed by atoms with Crippen LogP contribution in [0.4, 0.5) is 0 Å². The maximum absolute atomic E-state index is 5.64. The average molecular weight is 244 g/mol. The molecule has 0 saturated heterocycles. The van der Waals surface area contributed by atoms with Crippen LogP contribution in [0.5, 0.6) is 11.5 Å². The summed E-state index contributed by atoms with van der Waals surface area (Å²) in [5.74, 6) is 2.19. The molecule has 0 N–H and O–H groups in total. The van der Waals surface area contributed by atoms with Crippen molar-refractivity contribution >= 4 is 11.6 Å². The molecule has 0 radical (unpaired) electrons. The minimum atomic E-state index is 0.633. The van der Waals surface area contributed by atoms with Gasteiger partial charge < -0.3 is 14.4 Å². The van der Waals surface area contributed by atoms with Gasteiger partial charge in [0, 0.05) is 19.0 Å². The molecule has 0 heterocycles. The molecule has 0 aliphatic carbocycles. The molecule has 0 saturated carbocycles. The van der Waals surface area contributed by atoms with Crippen LogP contribution >= 0.6 is 11.6 Å². The summed E-state index contributed by atoms with van der Waals surface area (Å²) in [5.41, 5.74) is 0. The second-order valence-electron chi connectivity index (χ2n) is 3.49. The van der Waals surface area contributed by atoms with Crippen LogP contribution in [0.1, 0.15) is 0 Å². The van der Waals surface area contributed by atoms with Crippen molar-refractivity contribution in [2.45, 2.75) is 0 Å². The van der Waals surface area contributed by atoms with Gasteiger partial charge in [-0.15, -0.1) is 11.6 Å². The van der Waals surface area contributed by atoms with Crippen molar-refractivity contribution < 1.29 is 9.47 Å². The van der Waals surface area contributed by atoms with E-state index in [0.29, 0.717) is 12.5 Å². The number of hydrogen-bond acceptors (Lipinski definition) is 3. The van der Waals surface area contributed by atoms with Gasteiger partial charge in [0.15, 0.2) is 11.5 Å². The van der Waals surface area contributed by atoms with Gasteiger partial charge in [-0.3, -0.25) is 0 Å². The molecular weight excluding hydrogens is 226 g/mol. The number of likely N-dealkylation sites (N-methyl/N-ethyl adjacent to an activating group) is 1. The van der Waals surface area contributed by atoms with Crippen LogP contribution in [-0.4, -0.2) is 44.6 Å². The fourth-order valence-electron chi connectivity index (χ4n) is 1.31. The molecule has 90 valence electrons. The number of nitrogens with zero attached hydrogens (tertiary/aromatic N) is 1. The van der Waals surface area contributed by atoms with Crippen LogP contribution in [0.25, 0.3) is 0 Å². The molecule has 0 bridgehead atoms. The zero-order valence-electron chi connectivity index (χ0n) is 9.78. The van der Waals surface area contributed by atoms with E-state index in [1.54, 1.807) is 7.11 Å². The Morgan fingerprint density at radius 3 is 2.50 bits per heavy atom. The van der Waals surface area contributed by atoms with Gasteiger partial charge in [-0.25, -0.2) is 0 Å². The predicted octanol–water partition coefficient (Wildman–Crippen LogP) is 2.24. The number of rotatable bonds is 7. The Kier molecular flexibility index (Phi) is 6.04. The molecule has 0 unspecified atom stereocenters. The first-order chi connectivity index (χ1) is 7.77. The summed E-state index contributed by atoms with van der Waals surface area (Å²) in [7, 11) is 3.66. The highest BCUT2D eigenvalue weighted by Crippen LogP contribution is 2.25. The van der Waals surface area contributed by atoms with E-state index >= 15 is 0 Å². The SMILES string of the molecule is COc1ccccc1OCCN(C)CCCl. The minimum absolute atomic E-state index is 0.633. The maximum Gasteiger partial charge on any atom is 0.161 e. The zero-order chi connectivity index (χ0) is 11.8. The van der Waals surface area contributed by atoms with E-state index in [9.17, 15) is 0 Å². The molecular formula is C12H18ClNO2. The Bertz CT molecular complexity index is 307. The molecule has 0 aromatic heterocycles. The van der Waals surface area contributed by atoms with E-state index in [0.717, 1.165) is 24.6 Å². The third-order valence-corrected chi connectivity index (χ3v) is 2.43. The Morgan fingerprint density at radius 1 is 1.19 bits per heavy atom. The standard InChI is InChI=1S/C12H18ClNO2/c1-14(8-7-13)9-10-16-12-6-4-3-5-11(12)15-2/h3-6H,7-10H2,1-2H3. The lowest BCUT2D eigenvalue weighted by molar-refractivity contribution is 0.236. The van der Waals surface area contributed by atoms with Crippen LogP contribution < -0.4 is 9.47 Å². The van der Waals surface area contributed by atoms with E-state index in [1.807, 2.05) is 31.3 Å². The first-order valence-corrected chi connectivity index (χ1v) is 5.81. The van der Waals surface area contributed by atoms with Gasteiger partial charge in [-0.05, 0) is 19.2 Å². The number of halogens is 1. The molecule has 1 aromatic carbocycles. The fraction of sp³-hybridized carbons (Fsp3) is 0.500. The minimum Gasteiger partial charge on any atom is -0.493 e. The first-order valence-electron chi connectivity index (χ1n) is 5.28. The van der Waals surface area contributed by atoms with Crippen molar-refractivity contribution in [3.63, 3.8) is 0 Å². The third kappa shape index (κ3) is 4.29. The summed E-state index contributed by atoms with van der Waals surface area (Å²) >= 11 is 5.64. The first kappa shape index (κ1) is 13.1. The van der Waals surface area contributed by atoms with E-state index < -0.39 is 0 Å². The monoisotopic (exact) mass is 243 g/mol. The van der Waals surface area contributed by atoms with Gasteiger partial charge in [-0.1, -0.05) is 12.1 Å². The van der Waals surface area contributed by atoms with Gasteiger partial charge in [0.1, 0.15) is 6.61 Å². The smallest absolute Gasteiger partial charge is 0.161 e. The Balaban J connectivity index is 2.36. The highest BCUT2D eigenvalue weighted by molar-refractivity contribution is 6.18. The molecule has 0 amide bonds. The molecule has 0 aliphatic heterocycles. The van der Waals surface area contributed by atoms with E-state index in [-0.39, 0.29) is 0 Å². The second kappa shape index (κ2) is 7.36. The summed E-state index contributed by atoms with van der Waals surface area (Å²) in [6, 6.07) is 7.64. The van der Waals surface area contributed by atoms with E-state index in [1.165, 1.54) is 0 Å². The Hall–Kier alpha value is -0.930. The summed E-state index contributed by atoms with van der Waals surface area (Å²) < 4.78 is 10.8. The van der Waals surface area contributed by atoms with E-state index in [4.69, 9.17) is 21.1 Å². The lowest BCUT2D eigenvalue weighted by Crippen LogP contribution is -2.26. The van der Waals surface area contributed by atoms with Crippen molar-refractivity contribution in [3.8, 4) is 11.5 Å². The van der Waals surface area contributed by atoms with Gasteiger partial charge >= 0.3 is 0 Å². The Morgan fingerprint density at radius 2 is 1.88 bits per heavy atom. The molecule has 0 aliphatic rings. The second-order valence-corrected chi connectivity index (χ2v) is 3.87. The molecule has 16 heavy (non-hydrogen) atoms. The normalized spacial score (nSPS) is 10.5. The third-order valence-electron chi connectivity index (χ3n) is 2.27. The van der Waals surface area contributed by atoms with Crippen LogP contribution in [0.2, 0.25) is 0 Å². The maximum atomic E-state index is 5.64. The van der Waals surface area contributed by atoms with E-state index in [2.05, 4.69) is 4.90 Å². The number of ether oxygens (including phenoxy) is 2. The summed E-state index contributed by atoms with van der Waals surface area (Å²) in [6.45, 7) is 2.36. The van der Waals surface area contributed by atoms with Crippen LogP contribution in [0.3, 0.4) is 0 Å². The topological polar surface area (TPSA) is 21.7 Å². The van der Waals surface area contributed by atoms with Crippen molar-refractivity contribution in [1.29, 1.82) is 0 Å². The van der Waals surface area contributed by atoms with Gasteiger partial charge in [-0.2, -0.15) is 0 Å². The van der Waals surface area contributed by atoms with Crippen LogP contribution in [0.15, 0.2) is 24.3 Å². The average Bonchev–Trinajstić information content (AvgIpc) is 2.30. The summed E-state index contributed by atoms with van der Waals surface area (Å²) in [4.78, 5) is 2.13. The number of alkyl halides is 1. The molecule has 0 spiro atoms. The van der Waals surface area contributed by atoms with Crippen molar-refractivity contribution in [2.75, 3.05) is 39.7 Å².